The van der Waals surface area contributed by atoms with Gasteiger partial charge < -0.3 is 24.8 Å². The summed E-state index contributed by atoms with van der Waals surface area (Å²) < 4.78 is 11.8. The Morgan fingerprint density at radius 2 is 1.76 bits per heavy atom. The van der Waals surface area contributed by atoms with Crippen LogP contribution in [0.4, 0.5) is 0 Å². The first-order valence-electron chi connectivity index (χ1n) is 12.4. The molecule has 0 aliphatic rings. The van der Waals surface area contributed by atoms with Gasteiger partial charge in [-0.3, -0.25) is 9.59 Å². The number of carboxylic acid groups (broad SMARTS) is 1. The SMILES string of the molecule is C=C.CCCc1c(SCCCOc2ccc(C(C)O)c(OCCCC(=O)O)c2C)ccc(C(C)=O)c1O. The van der Waals surface area contributed by atoms with Crippen LogP contribution < -0.4 is 9.47 Å². The first-order valence-corrected chi connectivity index (χ1v) is 13.4. The minimum Gasteiger partial charge on any atom is -0.507 e. The number of hydrogen-bond acceptors (Lipinski definition) is 7. The summed E-state index contributed by atoms with van der Waals surface area (Å²) in [6.45, 7) is 13.7. The van der Waals surface area contributed by atoms with Gasteiger partial charge in [0.1, 0.15) is 17.2 Å². The van der Waals surface area contributed by atoms with Crippen molar-refractivity contribution in [1.82, 2.24) is 0 Å². The number of phenolic OH excluding ortho intramolecular Hbond substituents is 1. The number of ketones is 1. The van der Waals surface area contributed by atoms with Crippen LogP contribution in [-0.2, 0) is 11.2 Å². The Hall–Kier alpha value is -2.97. The van der Waals surface area contributed by atoms with Crippen LogP contribution in [-0.4, -0.2) is 46.0 Å². The zero-order chi connectivity index (χ0) is 28.0. The van der Waals surface area contributed by atoms with E-state index < -0.39 is 12.1 Å². The maximum Gasteiger partial charge on any atom is 0.303 e. The van der Waals surface area contributed by atoms with Crippen LogP contribution in [0.3, 0.4) is 0 Å². The number of hydrogen-bond donors (Lipinski definition) is 3. The number of carboxylic acids is 1. The Bertz CT molecular complexity index is 1030. The minimum absolute atomic E-state index is 0.0200. The average Bonchev–Trinajstić information content (AvgIpc) is 2.85. The van der Waals surface area contributed by atoms with Gasteiger partial charge in [0.2, 0.25) is 0 Å². The summed E-state index contributed by atoms with van der Waals surface area (Å²) in [7, 11) is 0. The molecule has 0 aliphatic carbocycles. The van der Waals surface area contributed by atoms with Crippen LogP contribution in [0.2, 0.25) is 0 Å². The van der Waals surface area contributed by atoms with E-state index in [9.17, 15) is 19.8 Å². The smallest absolute Gasteiger partial charge is 0.303 e. The van der Waals surface area contributed by atoms with Crippen molar-refractivity contribution in [2.45, 2.75) is 70.8 Å². The number of ether oxygens (including phenoxy) is 2. The fraction of sp³-hybridized carbons (Fsp3) is 0.448. The van der Waals surface area contributed by atoms with Crippen molar-refractivity contribution in [1.29, 1.82) is 0 Å². The van der Waals surface area contributed by atoms with Gasteiger partial charge in [0.05, 0.1) is 24.9 Å². The van der Waals surface area contributed by atoms with Gasteiger partial charge in [-0.15, -0.1) is 24.9 Å². The molecule has 2 aromatic rings. The molecule has 3 N–H and O–H groups in total. The van der Waals surface area contributed by atoms with E-state index in [1.54, 1.807) is 30.8 Å². The number of rotatable bonds is 15. The Morgan fingerprint density at radius 1 is 1.08 bits per heavy atom. The second-order valence-corrected chi connectivity index (χ2v) is 9.56. The van der Waals surface area contributed by atoms with Gasteiger partial charge in [0.25, 0.3) is 0 Å². The summed E-state index contributed by atoms with van der Waals surface area (Å²) in [6, 6.07) is 7.16. The van der Waals surface area contributed by atoms with Crippen molar-refractivity contribution in [2.75, 3.05) is 19.0 Å². The first-order chi connectivity index (χ1) is 17.7. The highest BCUT2D eigenvalue weighted by atomic mass is 32.2. The van der Waals surface area contributed by atoms with Crippen LogP contribution in [0, 0.1) is 6.92 Å². The second-order valence-electron chi connectivity index (χ2n) is 8.42. The van der Waals surface area contributed by atoms with Crippen LogP contribution in [0.5, 0.6) is 17.2 Å². The average molecular weight is 533 g/mol. The summed E-state index contributed by atoms with van der Waals surface area (Å²) in [5.41, 5.74) is 2.58. The lowest BCUT2D eigenvalue weighted by Crippen LogP contribution is -2.08. The van der Waals surface area contributed by atoms with Crippen molar-refractivity contribution in [2.24, 2.45) is 0 Å². The van der Waals surface area contributed by atoms with Gasteiger partial charge in [-0.25, -0.2) is 0 Å². The first kappa shape index (κ1) is 32.1. The normalized spacial score (nSPS) is 11.3. The molecule has 2 rings (SSSR count). The molecule has 0 fully saturated rings. The number of carbonyl (C=O) groups excluding carboxylic acids is 1. The number of benzene rings is 2. The summed E-state index contributed by atoms with van der Waals surface area (Å²) >= 11 is 1.63. The molecule has 0 aromatic heterocycles. The van der Waals surface area contributed by atoms with E-state index in [1.807, 2.05) is 26.0 Å². The number of Topliss-reactive ketones (excluding diaryl/α,β-unsaturated/α-hetero) is 1. The molecule has 0 heterocycles. The summed E-state index contributed by atoms with van der Waals surface area (Å²) in [4.78, 5) is 23.5. The lowest BCUT2D eigenvalue weighted by atomic mass is 10.0. The molecule has 8 heteroatoms. The number of phenols is 1. The van der Waals surface area contributed by atoms with Crippen molar-refractivity contribution in [3.8, 4) is 17.2 Å². The number of aliphatic hydroxyl groups excluding tert-OH is 1. The third kappa shape index (κ3) is 9.78. The van der Waals surface area contributed by atoms with Gasteiger partial charge in [-0.1, -0.05) is 13.3 Å². The molecule has 0 bridgehead atoms. The third-order valence-corrected chi connectivity index (χ3v) is 6.73. The maximum atomic E-state index is 11.7. The van der Waals surface area contributed by atoms with Gasteiger partial charge in [0, 0.05) is 33.8 Å². The van der Waals surface area contributed by atoms with Crippen LogP contribution in [0.25, 0.3) is 0 Å². The quantitative estimate of drug-likeness (QED) is 0.103. The highest BCUT2D eigenvalue weighted by molar-refractivity contribution is 7.99. The van der Waals surface area contributed by atoms with E-state index >= 15 is 0 Å². The molecule has 0 saturated carbocycles. The van der Waals surface area contributed by atoms with Crippen LogP contribution >= 0.6 is 11.8 Å². The van der Waals surface area contributed by atoms with Crippen molar-refractivity contribution in [3.63, 3.8) is 0 Å². The molecule has 7 nitrogen and oxygen atoms in total. The zero-order valence-electron chi connectivity index (χ0n) is 22.3. The predicted molar refractivity (Wildman–Crippen MR) is 148 cm³/mol. The second kappa shape index (κ2) is 16.7. The standard InChI is InChI=1S/C27H36O7S.C2H4/c1-5-8-22-24(13-11-20(18(3)28)26(22)32)35-16-7-15-33-23-12-10-21(19(4)29)27(17(23)2)34-14-6-9-25(30)31;1-2/h10-13,19,29,32H,5-9,14-16H2,1-4H3,(H,30,31);1-2H2. The minimum atomic E-state index is -0.872. The van der Waals surface area contributed by atoms with Gasteiger partial charge in [-0.2, -0.15) is 0 Å². The van der Waals surface area contributed by atoms with E-state index in [2.05, 4.69) is 13.2 Å². The number of thioether (sulfide) groups is 1. The molecular weight excluding hydrogens is 492 g/mol. The molecule has 0 saturated heterocycles. The Morgan fingerprint density at radius 3 is 2.35 bits per heavy atom. The van der Waals surface area contributed by atoms with Gasteiger partial charge in [0.15, 0.2) is 5.78 Å². The van der Waals surface area contributed by atoms with Gasteiger partial charge >= 0.3 is 5.97 Å². The molecule has 0 aliphatic heterocycles. The lowest BCUT2D eigenvalue weighted by molar-refractivity contribution is -0.137. The Balaban J connectivity index is 0.00000334. The highest BCUT2D eigenvalue weighted by Gasteiger charge is 2.17. The largest absolute Gasteiger partial charge is 0.507 e. The number of carbonyl (C=O) groups is 2. The molecule has 1 atom stereocenters. The molecule has 0 amide bonds. The predicted octanol–water partition coefficient (Wildman–Crippen LogP) is 6.52. The van der Waals surface area contributed by atoms with E-state index in [0.29, 0.717) is 42.1 Å². The molecule has 37 heavy (non-hydrogen) atoms. The van der Waals surface area contributed by atoms with Crippen molar-refractivity contribution in [3.05, 3.63) is 59.7 Å². The van der Waals surface area contributed by atoms with Gasteiger partial charge in [-0.05, 0) is 64.3 Å². The number of aliphatic hydroxyl groups is 1. The van der Waals surface area contributed by atoms with Crippen LogP contribution in [0.15, 0.2) is 42.3 Å². The number of aliphatic carboxylic acids is 1. The monoisotopic (exact) mass is 532 g/mol. The zero-order valence-corrected chi connectivity index (χ0v) is 23.2. The van der Waals surface area contributed by atoms with E-state index in [1.165, 1.54) is 6.92 Å². The van der Waals surface area contributed by atoms with E-state index in [0.717, 1.165) is 34.6 Å². The van der Waals surface area contributed by atoms with E-state index in [-0.39, 0.29) is 24.6 Å². The fourth-order valence-corrected chi connectivity index (χ4v) is 4.74. The Labute approximate surface area is 224 Å². The maximum absolute atomic E-state index is 11.7. The fourth-order valence-electron chi connectivity index (χ4n) is 3.72. The summed E-state index contributed by atoms with van der Waals surface area (Å²) in [5, 5.41) is 29.4. The molecular formula is C29H40O7S. The third-order valence-electron chi connectivity index (χ3n) is 5.54. The lowest BCUT2D eigenvalue weighted by Gasteiger charge is -2.19. The van der Waals surface area contributed by atoms with Crippen molar-refractivity contribution >= 4 is 23.5 Å². The molecule has 0 radical (unpaired) electrons. The van der Waals surface area contributed by atoms with Crippen LogP contribution in [0.1, 0.15) is 79.6 Å². The van der Waals surface area contributed by atoms with E-state index in [4.69, 9.17) is 14.6 Å². The Kier molecular flexibility index (Phi) is 14.5. The topological polar surface area (TPSA) is 113 Å². The molecule has 0 spiro atoms. The molecule has 204 valence electrons. The summed E-state index contributed by atoms with van der Waals surface area (Å²) in [6.07, 6.45) is 2.00. The summed E-state index contributed by atoms with van der Waals surface area (Å²) in [5.74, 6) is 1.03. The highest BCUT2D eigenvalue weighted by Crippen LogP contribution is 2.36. The van der Waals surface area contributed by atoms with Crippen molar-refractivity contribution < 1.29 is 34.4 Å². The molecule has 2 aromatic carbocycles. The molecule has 1 unspecified atom stereocenters. The number of aromatic hydroxyl groups is 1.